The molecule has 0 amide bonds. The molecule has 6 heterocycles. The summed E-state index contributed by atoms with van der Waals surface area (Å²) >= 11 is 0. The number of nitrogens with zero attached hydrogens (tertiary/aromatic N) is 6. The second-order valence-corrected chi connectivity index (χ2v) is 9.98. The number of aromatic nitrogens is 6. The summed E-state index contributed by atoms with van der Waals surface area (Å²) in [6, 6.07) is 35.0. The number of aliphatic carboxylic acids is 8. The number of hydrogen-bond donors (Lipinski definition) is 0. The fourth-order valence-corrected chi connectivity index (χ4v) is 3.50. The van der Waals surface area contributed by atoms with Crippen LogP contribution in [0.15, 0.2) is 134 Å². The smallest absolute Gasteiger partial charge is 2.00 e. The number of carbonyl (C=O) groups is 8. The van der Waals surface area contributed by atoms with Crippen molar-refractivity contribution in [1.29, 1.82) is 0 Å². The van der Waals surface area contributed by atoms with Crippen molar-refractivity contribution in [3.8, 4) is 45.6 Å². The van der Waals surface area contributed by atoms with Gasteiger partial charge in [0.15, 0.2) is 0 Å². The summed E-state index contributed by atoms with van der Waals surface area (Å²) in [5.74, 6) is -17.5. The minimum absolute atomic E-state index is 0. The Balaban J connectivity index is -0.0000000504. The van der Waals surface area contributed by atoms with Gasteiger partial charge in [-0.15, -0.1) is 0 Å². The molecular formula is C38H36Cr2N6Nb2O26-6. The Labute approximate surface area is 467 Å². The van der Waals surface area contributed by atoms with Gasteiger partial charge in [0.1, 0.15) is 0 Å². The molecule has 0 fully saturated rings. The van der Waals surface area contributed by atoms with E-state index in [0.717, 1.165) is 45.6 Å². The molecule has 0 aliphatic heterocycles. The van der Waals surface area contributed by atoms with Gasteiger partial charge in [0.25, 0.3) is 0 Å². The standard InChI is InChI=1S/2C15H11N3.4C2H2O4.2Cr.2Nb.6H2O.4O/c2*1-3-10-16-12(6-1)14-8-5-9-15(18-14)13-7-2-4-11-17-13;4*3-1(4)2(5)6;;;;;;;;;;;;;;/h2*1-11H;4*(H,3,4)(H,5,6);;;;;6*1H2;;;;/q;;;;;;2*+4;;;;;;;;;4*-2/p-6. The average Bonchev–Trinajstić information content (AvgIpc) is 3.26. The third-order valence-electron chi connectivity index (χ3n) is 5.87. The van der Waals surface area contributed by atoms with Gasteiger partial charge in [0.2, 0.25) is 0 Å². The predicted octanol–water partition coefficient (Wildman–Crippen LogP) is -13.3. The summed E-state index contributed by atoms with van der Waals surface area (Å²) in [6.45, 7) is 0. The summed E-state index contributed by atoms with van der Waals surface area (Å²) < 4.78 is 0. The third-order valence-corrected chi connectivity index (χ3v) is 5.87. The summed E-state index contributed by atoms with van der Waals surface area (Å²) in [5.41, 5.74) is 6.92. The van der Waals surface area contributed by atoms with Crippen LogP contribution in [0.2, 0.25) is 0 Å². The topological polar surface area (TPSA) is 704 Å². The van der Waals surface area contributed by atoms with E-state index in [1.807, 2.05) is 109 Å². The van der Waals surface area contributed by atoms with E-state index in [1.165, 1.54) is 0 Å². The number of carbonyl (C=O) groups excluding carboxylic acids is 8. The molecule has 0 aromatic carbocycles. The van der Waals surface area contributed by atoms with Gasteiger partial charge in [-0.05, 0) is 72.8 Å². The number of carboxylic acid groups (broad SMARTS) is 8. The SMILES string of the molecule is O.O.O.O.O=C([O-])C(=O)[O-].O=C([O-])C(=O)[O-].O=C([O-])C(=O)[O-].O=C([O-])C(=O)[O-].[Cr+4].[Cr+4].[Nb].[Nb].[O-2].[O-2].[O-2].[O-2].[OH3+].[OH3+].c1ccc(-c2cccc(-c3ccccn3)n2)nc1.c1ccc(-c2cccc(-c3ccccn3)n2)nc1. The van der Waals surface area contributed by atoms with Crippen LogP contribution in [0.3, 0.4) is 0 Å². The van der Waals surface area contributed by atoms with E-state index in [9.17, 15) is 0 Å². The van der Waals surface area contributed by atoms with E-state index in [4.69, 9.17) is 79.2 Å². The van der Waals surface area contributed by atoms with Crippen molar-refractivity contribution >= 4 is 47.8 Å². The maximum atomic E-state index is 8.93. The molecule has 402 valence electrons. The zero-order valence-corrected chi connectivity index (χ0v) is 43.4. The first-order chi connectivity index (χ1) is 28.4. The molecule has 0 atom stereocenters. The van der Waals surface area contributed by atoms with Crippen LogP contribution in [-0.2, 0) is 151 Å². The molecule has 0 spiro atoms. The maximum absolute atomic E-state index is 8.93. The van der Waals surface area contributed by atoms with Crippen LogP contribution >= 0.6 is 0 Å². The van der Waals surface area contributed by atoms with Crippen molar-refractivity contribution in [1.82, 2.24) is 29.9 Å². The Morgan fingerprint density at radius 2 is 0.405 bits per heavy atom. The molecule has 6 aromatic heterocycles. The molecule has 0 bridgehead atoms. The Morgan fingerprint density at radius 3 is 0.514 bits per heavy atom. The largest absolute Gasteiger partial charge is 4.00 e. The van der Waals surface area contributed by atoms with Crippen molar-refractivity contribution < 1.29 is 213 Å². The van der Waals surface area contributed by atoms with Crippen molar-refractivity contribution in [2.24, 2.45) is 0 Å². The molecule has 14 N–H and O–H groups in total. The first-order valence-electron chi connectivity index (χ1n) is 15.7. The molecule has 32 nitrogen and oxygen atoms in total. The van der Waals surface area contributed by atoms with Crippen molar-refractivity contribution in [3.05, 3.63) is 134 Å². The predicted molar refractivity (Wildman–Crippen MR) is 208 cm³/mol. The zero-order valence-electron chi connectivity index (χ0n) is 36.4. The molecule has 0 saturated carbocycles. The van der Waals surface area contributed by atoms with Gasteiger partial charge in [0, 0.05) is 69.5 Å². The molecule has 2 radical (unpaired) electrons. The molecule has 0 aliphatic rings. The number of rotatable bonds is 4. The number of hydrogen-bond acceptors (Lipinski definition) is 22. The van der Waals surface area contributed by atoms with Gasteiger partial charge in [-0.25, -0.2) is 9.97 Å². The second-order valence-electron chi connectivity index (χ2n) is 9.98. The molecule has 0 saturated heterocycles. The Morgan fingerprint density at radius 1 is 0.270 bits per heavy atom. The molecule has 6 aromatic rings. The van der Waals surface area contributed by atoms with Gasteiger partial charge >= 0.3 is 34.7 Å². The first-order valence-corrected chi connectivity index (χ1v) is 15.7. The monoisotopic (exact) mass is 1280 g/mol. The first kappa shape index (κ1) is 104. The van der Waals surface area contributed by atoms with Gasteiger partial charge in [-0.1, -0.05) is 36.4 Å². The molecule has 36 heteroatoms. The van der Waals surface area contributed by atoms with E-state index in [0.29, 0.717) is 0 Å². The number of pyridine rings is 6. The summed E-state index contributed by atoms with van der Waals surface area (Å²) in [4.78, 5) is 97.8. The third kappa shape index (κ3) is 44.7. The van der Waals surface area contributed by atoms with E-state index in [2.05, 4.69) is 29.9 Å². The summed E-state index contributed by atoms with van der Waals surface area (Å²) in [5, 5.41) is 71.4. The summed E-state index contributed by atoms with van der Waals surface area (Å²) in [6.07, 6.45) is 7.07. The molecule has 0 unspecified atom stereocenters. The van der Waals surface area contributed by atoms with Gasteiger partial charge in [-0.2, -0.15) is 0 Å². The minimum atomic E-state index is -2.19. The average molecular weight is 1280 g/mol. The van der Waals surface area contributed by atoms with Crippen LogP contribution in [0, 0.1) is 0 Å². The van der Waals surface area contributed by atoms with Crippen molar-refractivity contribution in [2.45, 2.75) is 0 Å². The van der Waals surface area contributed by atoms with Gasteiger partial charge < -0.3 is 134 Å². The second kappa shape index (κ2) is 58.4. The molecule has 0 aliphatic carbocycles. The summed E-state index contributed by atoms with van der Waals surface area (Å²) in [7, 11) is 0. The van der Waals surface area contributed by atoms with Crippen LogP contribution in [0.4, 0.5) is 0 Å². The van der Waals surface area contributed by atoms with Gasteiger partial charge in [0.05, 0.1) is 93.3 Å². The number of carboxylic acids is 8. The van der Waals surface area contributed by atoms with Crippen molar-refractivity contribution in [2.75, 3.05) is 0 Å². The van der Waals surface area contributed by atoms with Crippen LogP contribution in [0.5, 0.6) is 0 Å². The Bertz CT molecular complexity index is 2020. The Hall–Kier alpha value is -7.19. The van der Waals surface area contributed by atoms with Gasteiger partial charge in [-0.3, -0.25) is 19.9 Å². The Kier molecular flexibility index (Phi) is 81.8. The zero-order chi connectivity index (χ0) is 45.0. The fraction of sp³-hybridized carbons (Fsp3) is 0. The van der Waals surface area contributed by atoms with E-state index in [1.54, 1.807) is 24.8 Å². The van der Waals surface area contributed by atoms with E-state index >= 15 is 0 Å². The van der Waals surface area contributed by atoms with E-state index < -0.39 is 47.8 Å². The maximum Gasteiger partial charge on any atom is 4.00 e. The molecular weight excluding hydrogens is 1250 g/mol. The molecule has 6 rings (SSSR count). The van der Waals surface area contributed by atoms with Crippen LogP contribution in [0.1, 0.15) is 0 Å². The normalized spacial score (nSPS) is 7.35. The molecule has 74 heavy (non-hydrogen) atoms. The van der Waals surface area contributed by atoms with Crippen LogP contribution in [-0.4, -0.2) is 99.6 Å². The van der Waals surface area contributed by atoms with Crippen molar-refractivity contribution in [3.63, 3.8) is 0 Å². The minimum Gasteiger partial charge on any atom is -2.00 e. The van der Waals surface area contributed by atoms with Crippen LogP contribution in [0.25, 0.3) is 45.6 Å². The van der Waals surface area contributed by atoms with Crippen LogP contribution < -0.4 is 40.9 Å². The quantitative estimate of drug-likeness (QED) is 0.0898. The van der Waals surface area contributed by atoms with E-state index in [-0.39, 0.29) is 134 Å². The fourth-order valence-electron chi connectivity index (χ4n) is 3.50.